The molecule has 0 aromatic carbocycles. The van der Waals surface area contributed by atoms with E-state index in [0.717, 1.165) is 19.5 Å². The van der Waals surface area contributed by atoms with E-state index in [0.29, 0.717) is 18.4 Å². The Kier molecular flexibility index (Phi) is 4.48. The highest BCUT2D eigenvalue weighted by molar-refractivity contribution is 5.81. The highest BCUT2D eigenvalue weighted by atomic mass is 16.2. The molecule has 1 atom stereocenters. The third-order valence-corrected chi connectivity index (χ3v) is 4.74. The van der Waals surface area contributed by atoms with Crippen molar-refractivity contribution in [3.63, 3.8) is 0 Å². The van der Waals surface area contributed by atoms with Crippen LogP contribution in [0.5, 0.6) is 0 Å². The van der Waals surface area contributed by atoms with Crippen LogP contribution in [-0.2, 0) is 9.59 Å². The lowest BCUT2D eigenvalue weighted by Crippen LogP contribution is -2.59. The molecule has 1 saturated heterocycles. The first-order valence-electron chi connectivity index (χ1n) is 7.66. The van der Waals surface area contributed by atoms with Crippen molar-refractivity contribution in [2.45, 2.75) is 52.4 Å². The number of nitrogens with zero attached hydrogens (tertiary/aromatic N) is 1. The van der Waals surface area contributed by atoms with Crippen molar-refractivity contribution in [1.29, 1.82) is 0 Å². The second kappa shape index (κ2) is 5.93. The average Bonchev–Trinajstić information content (AvgIpc) is 2.86. The van der Waals surface area contributed by atoms with Gasteiger partial charge in [0.05, 0.1) is 5.92 Å². The van der Waals surface area contributed by atoms with Crippen molar-refractivity contribution >= 4 is 11.8 Å². The Bertz CT molecular complexity index is 340. The zero-order valence-electron chi connectivity index (χ0n) is 12.2. The van der Waals surface area contributed by atoms with Gasteiger partial charge in [0.15, 0.2) is 0 Å². The standard InChI is InChI=1S/C15H26N2O2/c1-3-12(9-16-13(18)4-2)14(19)17-10-15(11-17)7-5-6-8-15/h12H,3-11H2,1-2H3,(H,16,18). The van der Waals surface area contributed by atoms with E-state index < -0.39 is 0 Å². The summed E-state index contributed by atoms with van der Waals surface area (Å²) in [6, 6.07) is 0. The van der Waals surface area contributed by atoms with Gasteiger partial charge in [0, 0.05) is 31.5 Å². The predicted octanol–water partition coefficient (Wildman–Crippen LogP) is 1.94. The number of carbonyl (C=O) groups excluding carboxylic acids is 2. The Hall–Kier alpha value is -1.06. The molecular weight excluding hydrogens is 240 g/mol. The summed E-state index contributed by atoms with van der Waals surface area (Å²) in [6.45, 7) is 6.24. The van der Waals surface area contributed by atoms with Crippen LogP contribution in [0.3, 0.4) is 0 Å². The number of carbonyl (C=O) groups is 2. The van der Waals surface area contributed by atoms with E-state index in [-0.39, 0.29) is 17.7 Å². The van der Waals surface area contributed by atoms with E-state index in [1.807, 2.05) is 18.7 Å². The average molecular weight is 266 g/mol. The summed E-state index contributed by atoms with van der Waals surface area (Å²) in [5, 5.41) is 2.84. The number of hydrogen-bond acceptors (Lipinski definition) is 2. The quantitative estimate of drug-likeness (QED) is 0.826. The summed E-state index contributed by atoms with van der Waals surface area (Å²) in [4.78, 5) is 25.6. The van der Waals surface area contributed by atoms with E-state index in [1.54, 1.807) is 0 Å². The van der Waals surface area contributed by atoms with Crippen molar-refractivity contribution < 1.29 is 9.59 Å². The van der Waals surface area contributed by atoms with Gasteiger partial charge in [-0.15, -0.1) is 0 Å². The fourth-order valence-corrected chi connectivity index (χ4v) is 3.39. The van der Waals surface area contributed by atoms with Crippen LogP contribution >= 0.6 is 0 Å². The topological polar surface area (TPSA) is 49.4 Å². The summed E-state index contributed by atoms with van der Waals surface area (Å²) < 4.78 is 0. The van der Waals surface area contributed by atoms with Crippen molar-refractivity contribution in [2.24, 2.45) is 11.3 Å². The van der Waals surface area contributed by atoms with Crippen molar-refractivity contribution in [1.82, 2.24) is 10.2 Å². The normalized spacial score (nSPS) is 22.1. The number of rotatable bonds is 5. The molecule has 4 nitrogen and oxygen atoms in total. The molecule has 108 valence electrons. The molecule has 2 aliphatic rings. The third kappa shape index (κ3) is 3.10. The second-order valence-electron chi connectivity index (χ2n) is 6.16. The van der Waals surface area contributed by atoms with Crippen molar-refractivity contribution in [2.75, 3.05) is 19.6 Å². The number of hydrogen-bond donors (Lipinski definition) is 1. The zero-order chi connectivity index (χ0) is 13.9. The van der Waals surface area contributed by atoms with Gasteiger partial charge in [0.25, 0.3) is 0 Å². The van der Waals surface area contributed by atoms with Gasteiger partial charge < -0.3 is 10.2 Å². The Balaban J connectivity index is 1.79. The van der Waals surface area contributed by atoms with Gasteiger partial charge in [-0.25, -0.2) is 0 Å². The first-order chi connectivity index (χ1) is 9.10. The minimum Gasteiger partial charge on any atom is -0.355 e. The fourth-order valence-electron chi connectivity index (χ4n) is 3.39. The molecule has 1 aliphatic heterocycles. The maximum Gasteiger partial charge on any atom is 0.227 e. The molecule has 2 fully saturated rings. The monoisotopic (exact) mass is 266 g/mol. The maximum absolute atomic E-state index is 12.4. The highest BCUT2D eigenvalue weighted by Crippen LogP contribution is 2.45. The Labute approximate surface area is 115 Å². The lowest BCUT2D eigenvalue weighted by atomic mass is 9.77. The number of amides is 2. The number of nitrogens with one attached hydrogen (secondary N) is 1. The molecule has 1 N–H and O–H groups in total. The van der Waals surface area contributed by atoms with Crippen LogP contribution in [0.1, 0.15) is 52.4 Å². The molecule has 2 amide bonds. The fraction of sp³-hybridized carbons (Fsp3) is 0.867. The largest absolute Gasteiger partial charge is 0.355 e. The molecule has 1 saturated carbocycles. The van der Waals surface area contributed by atoms with E-state index in [2.05, 4.69) is 5.32 Å². The Morgan fingerprint density at radius 2 is 1.84 bits per heavy atom. The van der Waals surface area contributed by atoms with Crippen molar-refractivity contribution in [3.05, 3.63) is 0 Å². The molecule has 1 unspecified atom stereocenters. The minimum atomic E-state index is -0.0470. The summed E-state index contributed by atoms with van der Waals surface area (Å²) in [5.74, 6) is 0.216. The van der Waals surface area contributed by atoms with Gasteiger partial charge in [-0.3, -0.25) is 9.59 Å². The van der Waals surface area contributed by atoms with Crippen LogP contribution in [0.25, 0.3) is 0 Å². The molecule has 19 heavy (non-hydrogen) atoms. The van der Waals surface area contributed by atoms with Crippen LogP contribution < -0.4 is 5.32 Å². The van der Waals surface area contributed by atoms with E-state index in [9.17, 15) is 9.59 Å². The summed E-state index contributed by atoms with van der Waals surface area (Å²) >= 11 is 0. The Morgan fingerprint density at radius 3 is 2.37 bits per heavy atom. The van der Waals surface area contributed by atoms with Gasteiger partial charge in [-0.05, 0) is 19.3 Å². The van der Waals surface area contributed by atoms with Crippen LogP contribution in [0.15, 0.2) is 0 Å². The van der Waals surface area contributed by atoms with Crippen LogP contribution in [-0.4, -0.2) is 36.3 Å². The van der Waals surface area contributed by atoms with Gasteiger partial charge in [0.2, 0.25) is 11.8 Å². The molecule has 1 aliphatic carbocycles. The van der Waals surface area contributed by atoms with Crippen LogP contribution in [0.4, 0.5) is 0 Å². The van der Waals surface area contributed by atoms with Crippen LogP contribution in [0, 0.1) is 11.3 Å². The third-order valence-electron chi connectivity index (χ3n) is 4.74. The maximum atomic E-state index is 12.4. The first kappa shape index (κ1) is 14.4. The molecule has 2 rings (SSSR count). The molecule has 0 radical (unpaired) electrons. The molecule has 1 spiro atoms. The van der Waals surface area contributed by atoms with Gasteiger partial charge in [0.1, 0.15) is 0 Å². The van der Waals surface area contributed by atoms with Gasteiger partial charge >= 0.3 is 0 Å². The van der Waals surface area contributed by atoms with Gasteiger partial charge in [-0.1, -0.05) is 26.7 Å². The smallest absolute Gasteiger partial charge is 0.227 e. The molecular formula is C15H26N2O2. The summed E-state index contributed by atoms with van der Waals surface area (Å²) in [5.41, 5.74) is 0.459. The molecule has 4 heteroatoms. The second-order valence-corrected chi connectivity index (χ2v) is 6.16. The molecule has 0 aromatic rings. The van der Waals surface area contributed by atoms with E-state index in [4.69, 9.17) is 0 Å². The molecule has 0 aromatic heterocycles. The zero-order valence-corrected chi connectivity index (χ0v) is 12.2. The van der Waals surface area contributed by atoms with Crippen LogP contribution in [0.2, 0.25) is 0 Å². The SMILES string of the molecule is CCC(=O)NCC(CC)C(=O)N1CC2(CCCC2)C1. The summed E-state index contributed by atoms with van der Waals surface area (Å²) in [7, 11) is 0. The van der Waals surface area contributed by atoms with Crippen molar-refractivity contribution in [3.8, 4) is 0 Å². The lowest BCUT2D eigenvalue weighted by molar-refractivity contribution is -0.147. The highest BCUT2D eigenvalue weighted by Gasteiger charge is 2.47. The lowest BCUT2D eigenvalue weighted by Gasteiger charge is -2.49. The summed E-state index contributed by atoms with van der Waals surface area (Å²) in [6.07, 6.45) is 6.52. The molecule has 1 heterocycles. The van der Waals surface area contributed by atoms with E-state index in [1.165, 1.54) is 25.7 Å². The van der Waals surface area contributed by atoms with E-state index >= 15 is 0 Å². The molecule has 0 bridgehead atoms. The first-order valence-corrected chi connectivity index (χ1v) is 7.66. The predicted molar refractivity (Wildman–Crippen MR) is 74.6 cm³/mol. The van der Waals surface area contributed by atoms with Gasteiger partial charge in [-0.2, -0.15) is 0 Å². The Morgan fingerprint density at radius 1 is 1.21 bits per heavy atom. The number of likely N-dealkylation sites (tertiary alicyclic amines) is 1. The minimum absolute atomic E-state index is 0.0297.